The van der Waals surface area contributed by atoms with Gasteiger partial charge >= 0.3 is 0 Å². The zero-order chi connectivity index (χ0) is 14.1. The number of nitrogens with two attached hydrogens (primary N) is 1. The van der Waals surface area contributed by atoms with E-state index in [9.17, 15) is 0 Å². The first-order valence-electron chi connectivity index (χ1n) is 6.45. The van der Waals surface area contributed by atoms with Crippen molar-refractivity contribution < 1.29 is 4.84 Å². The Morgan fingerprint density at radius 2 is 2.25 bits per heavy atom. The van der Waals surface area contributed by atoms with Crippen LogP contribution in [0, 0.1) is 6.92 Å². The zero-order valence-electron chi connectivity index (χ0n) is 11.5. The molecule has 104 valence electrons. The quantitative estimate of drug-likeness (QED) is 0.862. The number of hydrogen-bond acceptors (Lipinski definition) is 6. The van der Waals surface area contributed by atoms with Crippen LogP contribution in [0.3, 0.4) is 0 Å². The van der Waals surface area contributed by atoms with Crippen LogP contribution < -0.4 is 5.73 Å². The van der Waals surface area contributed by atoms with Crippen molar-refractivity contribution in [3.05, 3.63) is 39.3 Å². The van der Waals surface area contributed by atoms with Crippen LogP contribution in [0.15, 0.2) is 22.7 Å². The Morgan fingerprint density at radius 1 is 1.40 bits per heavy atom. The third kappa shape index (κ3) is 2.27. The predicted octanol–water partition coefficient (Wildman–Crippen LogP) is 2.51. The number of anilines is 1. The molecule has 0 aliphatic heterocycles. The Balaban J connectivity index is 2.08. The smallest absolute Gasteiger partial charge is 0.220 e. The maximum absolute atomic E-state index is 5.78. The molecule has 6 heteroatoms. The van der Waals surface area contributed by atoms with E-state index in [1.807, 2.05) is 6.92 Å². The molecule has 3 rings (SSSR count). The molecule has 1 aliphatic carbocycles. The third-order valence-corrected chi connectivity index (χ3v) is 4.53. The Labute approximate surface area is 121 Å². The molecule has 0 bridgehead atoms. The van der Waals surface area contributed by atoms with Crippen molar-refractivity contribution in [1.82, 2.24) is 9.97 Å². The van der Waals surface area contributed by atoms with E-state index >= 15 is 0 Å². The van der Waals surface area contributed by atoms with Gasteiger partial charge in [-0.15, -0.1) is 11.3 Å². The standard InChI is InChI=1S/C14H16N4OS/c1-8-13-10(17-14(15)16-8)6-9(7-11(13)18-19-2)12-4-3-5-20-12/h3-5,9H,6-7H2,1-2H3,(H2,15,16,17). The third-order valence-electron chi connectivity index (χ3n) is 3.50. The summed E-state index contributed by atoms with van der Waals surface area (Å²) in [6, 6.07) is 4.23. The molecule has 2 heterocycles. The summed E-state index contributed by atoms with van der Waals surface area (Å²) in [5, 5.41) is 6.27. The van der Waals surface area contributed by atoms with Crippen molar-refractivity contribution in [2.24, 2.45) is 5.16 Å². The number of aryl methyl sites for hydroxylation is 1. The van der Waals surface area contributed by atoms with E-state index in [4.69, 9.17) is 10.6 Å². The molecule has 1 unspecified atom stereocenters. The van der Waals surface area contributed by atoms with Gasteiger partial charge in [-0.1, -0.05) is 11.2 Å². The van der Waals surface area contributed by atoms with E-state index in [-0.39, 0.29) is 0 Å². The molecule has 0 radical (unpaired) electrons. The van der Waals surface area contributed by atoms with E-state index in [1.54, 1.807) is 18.4 Å². The SMILES string of the molecule is CON=C1CC(c2cccs2)Cc2nc(N)nc(C)c21. The largest absolute Gasteiger partial charge is 0.399 e. The van der Waals surface area contributed by atoms with Crippen LogP contribution >= 0.6 is 11.3 Å². The summed E-state index contributed by atoms with van der Waals surface area (Å²) < 4.78 is 0. The van der Waals surface area contributed by atoms with Crippen molar-refractivity contribution in [3.63, 3.8) is 0 Å². The number of fused-ring (bicyclic) bond motifs is 1. The summed E-state index contributed by atoms with van der Waals surface area (Å²) in [6.45, 7) is 1.94. The zero-order valence-corrected chi connectivity index (χ0v) is 12.3. The average Bonchev–Trinajstić information content (AvgIpc) is 2.91. The lowest BCUT2D eigenvalue weighted by molar-refractivity contribution is 0.212. The summed E-state index contributed by atoms with van der Waals surface area (Å²) in [5.74, 6) is 0.704. The Kier molecular flexibility index (Phi) is 3.40. The van der Waals surface area contributed by atoms with Gasteiger partial charge < -0.3 is 10.6 Å². The second-order valence-corrected chi connectivity index (χ2v) is 5.81. The molecule has 5 nitrogen and oxygen atoms in total. The van der Waals surface area contributed by atoms with Gasteiger partial charge in [0.1, 0.15) is 7.11 Å². The van der Waals surface area contributed by atoms with Gasteiger partial charge in [0.2, 0.25) is 5.95 Å². The van der Waals surface area contributed by atoms with Crippen LogP contribution in [0.4, 0.5) is 5.95 Å². The highest BCUT2D eigenvalue weighted by Crippen LogP contribution is 2.35. The number of oxime groups is 1. The van der Waals surface area contributed by atoms with Gasteiger partial charge in [-0.3, -0.25) is 0 Å². The molecule has 0 fully saturated rings. The fourth-order valence-corrected chi connectivity index (χ4v) is 3.57. The minimum absolute atomic E-state index is 0.324. The summed E-state index contributed by atoms with van der Waals surface area (Å²) in [5.41, 5.74) is 9.51. The van der Waals surface area contributed by atoms with E-state index < -0.39 is 0 Å². The van der Waals surface area contributed by atoms with Crippen LogP contribution in [0.1, 0.15) is 34.2 Å². The summed E-state index contributed by atoms with van der Waals surface area (Å²) in [7, 11) is 1.56. The highest BCUT2D eigenvalue weighted by atomic mass is 32.1. The number of thiophene rings is 1. The van der Waals surface area contributed by atoms with Gasteiger partial charge in [0.05, 0.1) is 17.1 Å². The van der Waals surface area contributed by atoms with Crippen LogP contribution in [0.25, 0.3) is 0 Å². The van der Waals surface area contributed by atoms with E-state index in [2.05, 4.69) is 32.6 Å². The maximum Gasteiger partial charge on any atom is 0.220 e. The topological polar surface area (TPSA) is 73.4 Å². The van der Waals surface area contributed by atoms with Gasteiger partial charge in [-0.25, -0.2) is 9.97 Å². The van der Waals surface area contributed by atoms with Crippen LogP contribution in [0.5, 0.6) is 0 Å². The number of nitrogens with zero attached hydrogens (tertiary/aromatic N) is 3. The summed E-state index contributed by atoms with van der Waals surface area (Å²) in [4.78, 5) is 15.0. The van der Waals surface area contributed by atoms with Crippen molar-refractivity contribution in [2.75, 3.05) is 12.8 Å². The minimum Gasteiger partial charge on any atom is -0.399 e. The molecule has 20 heavy (non-hydrogen) atoms. The second-order valence-electron chi connectivity index (χ2n) is 4.83. The van der Waals surface area contributed by atoms with Crippen LogP contribution in [-0.2, 0) is 11.3 Å². The van der Waals surface area contributed by atoms with Crippen molar-refractivity contribution in [2.45, 2.75) is 25.7 Å². The number of nitrogen functional groups attached to an aromatic ring is 1. The fourth-order valence-electron chi connectivity index (χ4n) is 2.74. The molecule has 1 aliphatic rings. The van der Waals surface area contributed by atoms with Gasteiger partial charge in [-0.05, 0) is 24.8 Å². The van der Waals surface area contributed by atoms with Crippen molar-refractivity contribution >= 4 is 23.0 Å². The number of rotatable bonds is 2. The lowest BCUT2D eigenvalue weighted by Gasteiger charge is -2.25. The highest BCUT2D eigenvalue weighted by Gasteiger charge is 2.29. The molecule has 0 aromatic carbocycles. The van der Waals surface area contributed by atoms with Crippen LogP contribution in [-0.4, -0.2) is 22.8 Å². The lowest BCUT2D eigenvalue weighted by atomic mass is 9.84. The molecular formula is C14H16N4OS. The Hall–Kier alpha value is -1.95. The lowest BCUT2D eigenvalue weighted by Crippen LogP contribution is -2.23. The molecule has 0 saturated carbocycles. The molecule has 2 N–H and O–H groups in total. The first kappa shape index (κ1) is 13.1. The predicted molar refractivity (Wildman–Crippen MR) is 80.1 cm³/mol. The minimum atomic E-state index is 0.324. The molecule has 2 aromatic heterocycles. The molecule has 0 spiro atoms. The first-order valence-corrected chi connectivity index (χ1v) is 7.33. The van der Waals surface area contributed by atoms with Gasteiger partial charge in [0.15, 0.2) is 0 Å². The molecule has 2 aromatic rings. The monoisotopic (exact) mass is 288 g/mol. The molecule has 1 atom stereocenters. The second kappa shape index (κ2) is 5.20. The van der Waals surface area contributed by atoms with Crippen molar-refractivity contribution in [3.8, 4) is 0 Å². The van der Waals surface area contributed by atoms with Crippen molar-refractivity contribution in [1.29, 1.82) is 0 Å². The normalized spacial score (nSPS) is 19.9. The molecule has 0 amide bonds. The fraction of sp³-hybridized carbons (Fsp3) is 0.357. The van der Waals surface area contributed by atoms with Crippen LogP contribution in [0.2, 0.25) is 0 Å². The van der Waals surface area contributed by atoms with E-state index in [1.165, 1.54) is 4.88 Å². The molecular weight excluding hydrogens is 272 g/mol. The Bertz CT molecular complexity index is 651. The summed E-state index contributed by atoms with van der Waals surface area (Å²) >= 11 is 1.76. The molecule has 0 saturated heterocycles. The Morgan fingerprint density at radius 3 is 2.95 bits per heavy atom. The highest BCUT2D eigenvalue weighted by molar-refractivity contribution is 7.10. The van der Waals surface area contributed by atoms with E-state index in [0.717, 1.165) is 35.5 Å². The van der Waals surface area contributed by atoms with Gasteiger partial charge in [0, 0.05) is 22.8 Å². The summed E-state index contributed by atoms with van der Waals surface area (Å²) in [6.07, 6.45) is 1.71. The average molecular weight is 288 g/mol. The maximum atomic E-state index is 5.78. The van der Waals surface area contributed by atoms with Gasteiger partial charge in [0.25, 0.3) is 0 Å². The number of aromatic nitrogens is 2. The number of hydrogen-bond donors (Lipinski definition) is 1. The first-order chi connectivity index (χ1) is 9.69. The van der Waals surface area contributed by atoms with E-state index in [0.29, 0.717) is 11.9 Å². The van der Waals surface area contributed by atoms with Gasteiger partial charge in [-0.2, -0.15) is 0 Å².